The maximum absolute atomic E-state index is 10.7. The van der Waals surface area contributed by atoms with Crippen LogP contribution in [0.15, 0.2) is 28.7 Å². The summed E-state index contributed by atoms with van der Waals surface area (Å²) in [6.07, 6.45) is 0. The number of hydrogen-bond acceptors (Lipinski definition) is 3. The monoisotopic (exact) mass is 287 g/mol. The quantitative estimate of drug-likeness (QED) is 0.876. The second-order valence-electron chi connectivity index (χ2n) is 3.32. The van der Waals surface area contributed by atoms with Crippen LogP contribution in [0.3, 0.4) is 0 Å². The van der Waals surface area contributed by atoms with Crippen molar-refractivity contribution < 1.29 is 9.90 Å². The van der Waals surface area contributed by atoms with Crippen molar-refractivity contribution >= 4 is 33.7 Å². The van der Waals surface area contributed by atoms with E-state index >= 15 is 0 Å². The SMILES string of the molecule is O=C(O)C1CS[C@@H](c2ccc(Br)cc2)N1. The topological polar surface area (TPSA) is 49.3 Å². The molecule has 1 fully saturated rings. The van der Waals surface area contributed by atoms with E-state index in [0.29, 0.717) is 5.75 Å². The summed E-state index contributed by atoms with van der Waals surface area (Å²) in [7, 11) is 0. The Kier molecular flexibility index (Phi) is 3.33. The fourth-order valence-electron chi connectivity index (χ4n) is 1.44. The van der Waals surface area contributed by atoms with Gasteiger partial charge in [0.05, 0.1) is 5.37 Å². The van der Waals surface area contributed by atoms with Crippen molar-refractivity contribution in [2.75, 3.05) is 5.75 Å². The molecule has 2 atom stereocenters. The first-order chi connectivity index (χ1) is 7.16. The highest BCUT2D eigenvalue weighted by molar-refractivity contribution is 9.10. The van der Waals surface area contributed by atoms with Gasteiger partial charge in [0.15, 0.2) is 0 Å². The van der Waals surface area contributed by atoms with Crippen molar-refractivity contribution in [3.63, 3.8) is 0 Å². The summed E-state index contributed by atoms with van der Waals surface area (Å²) < 4.78 is 1.03. The van der Waals surface area contributed by atoms with Crippen molar-refractivity contribution in [2.24, 2.45) is 0 Å². The number of rotatable bonds is 2. The van der Waals surface area contributed by atoms with Crippen molar-refractivity contribution in [3.05, 3.63) is 34.3 Å². The minimum atomic E-state index is -0.776. The fraction of sp³-hybridized carbons (Fsp3) is 0.300. The third-order valence-corrected chi connectivity index (χ3v) is 4.05. The summed E-state index contributed by atoms with van der Waals surface area (Å²) in [6, 6.07) is 7.50. The molecule has 1 aliphatic rings. The summed E-state index contributed by atoms with van der Waals surface area (Å²) in [4.78, 5) is 10.7. The lowest BCUT2D eigenvalue weighted by atomic mass is 10.2. The first-order valence-electron chi connectivity index (χ1n) is 4.53. The van der Waals surface area contributed by atoms with Gasteiger partial charge in [-0.15, -0.1) is 11.8 Å². The van der Waals surface area contributed by atoms with Crippen molar-refractivity contribution in [2.45, 2.75) is 11.4 Å². The van der Waals surface area contributed by atoms with E-state index in [1.165, 1.54) is 0 Å². The van der Waals surface area contributed by atoms with Crippen LogP contribution in [0.4, 0.5) is 0 Å². The third-order valence-electron chi connectivity index (χ3n) is 2.25. The van der Waals surface area contributed by atoms with E-state index < -0.39 is 12.0 Å². The molecule has 1 heterocycles. The van der Waals surface area contributed by atoms with Gasteiger partial charge < -0.3 is 5.11 Å². The van der Waals surface area contributed by atoms with Gasteiger partial charge in [0.2, 0.25) is 0 Å². The number of benzene rings is 1. The maximum Gasteiger partial charge on any atom is 0.321 e. The molecule has 0 saturated carbocycles. The van der Waals surface area contributed by atoms with Gasteiger partial charge in [-0.1, -0.05) is 28.1 Å². The van der Waals surface area contributed by atoms with Crippen LogP contribution in [0.1, 0.15) is 10.9 Å². The molecular formula is C10H10BrNO2S. The van der Waals surface area contributed by atoms with E-state index in [2.05, 4.69) is 21.2 Å². The van der Waals surface area contributed by atoms with Gasteiger partial charge in [0.1, 0.15) is 6.04 Å². The Morgan fingerprint density at radius 3 is 2.67 bits per heavy atom. The predicted octanol–water partition coefficient (Wildman–Crippen LogP) is 2.24. The Labute approximate surface area is 100 Å². The Bertz CT molecular complexity index is 368. The molecule has 2 rings (SSSR count). The summed E-state index contributed by atoms with van der Waals surface area (Å²) in [5, 5.41) is 12.0. The molecule has 1 aliphatic heterocycles. The fourth-order valence-corrected chi connectivity index (χ4v) is 2.94. The highest BCUT2D eigenvalue weighted by atomic mass is 79.9. The molecule has 0 radical (unpaired) electrons. The number of halogens is 1. The van der Waals surface area contributed by atoms with E-state index in [4.69, 9.17) is 5.11 Å². The highest BCUT2D eigenvalue weighted by Crippen LogP contribution is 2.33. The zero-order chi connectivity index (χ0) is 10.8. The molecule has 15 heavy (non-hydrogen) atoms. The van der Waals surface area contributed by atoms with Gasteiger partial charge in [0.25, 0.3) is 0 Å². The van der Waals surface area contributed by atoms with Gasteiger partial charge in [-0.05, 0) is 17.7 Å². The number of carboxylic acids is 1. The van der Waals surface area contributed by atoms with E-state index in [-0.39, 0.29) is 5.37 Å². The lowest BCUT2D eigenvalue weighted by Crippen LogP contribution is -2.33. The van der Waals surface area contributed by atoms with Crippen LogP contribution in [0.25, 0.3) is 0 Å². The van der Waals surface area contributed by atoms with Crippen LogP contribution in [0, 0.1) is 0 Å². The average Bonchev–Trinajstić information content (AvgIpc) is 2.68. The summed E-state index contributed by atoms with van der Waals surface area (Å²) in [6.45, 7) is 0. The van der Waals surface area contributed by atoms with Crippen LogP contribution in [-0.4, -0.2) is 22.9 Å². The van der Waals surface area contributed by atoms with E-state index in [0.717, 1.165) is 10.0 Å². The molecule has 80 valence electrons. The number of hydrogen-bond donors (Lipinski definition) is 2. The zero-order valence-electron chi connectivity index (χ0n) is 7.81. The molecule has 0 bridgehead atoms. The Morgan fingerprint density at radius 1 is 1.47 bits per heavy atom. The molecular weight excluding hydrogens is 278 g/mol. The molecule has 1 aromatic rings. The second-order valence-corrected chi connectivity index (χ2v) is 5.38. The largest absolute Gasteiger partial charge is 0.480 e. The van der Waals surface area contributed by atoms with Crippen LogP contribution < -0.4 is 5.32 Å². The van der Waals surface area contributed by atoms with E-state index in [1.807, 2.05) is 24.3 Å². The van der Waals surface area contributed by atoms with E-state index in [1.54, 1.807) is 11.8 Å². The predicted molar refractivity (Wildman–Crippen MR) is 63.9 cm³/mol. The number of carboxylic acid groups (broad SMARTS) is 1. The summed E-state index contributed by atoms with van der Waals surface area (Å²) >= 11 is 5.00. The van der Waals surface area contributed by atoms with Gasteiger partial charge >= 0.3 is 5.97 Å². The number of nitrogens with one attached hydrogen (secondary N) is 1. The minimum absolute atomic E-state index is 0.0965. The van der Waals surface area contributed by atoms with Crippen molar-refractivity contribution in [1.82, 2.24) is 5.32 Å². The lowest BCUT2D eigenvalue weighted by Gasteiger charge is -2.10. The Hall–Kier alpha value is -0.520. The summed E-state index contributed by atoms with van der Waals surface area (Å²) in [5.41, 5.74) is 1.12. The molecule has 0 aliphatic carbocycles. The first kappa shape index (κ1) is 11.0. The lowest BCUT2D eigenvalue weighted by molar-refractivity contribution is -0.138. The van der Waals surface area contributed by atoms with Crippen LogP contribution in [0.2, 0.25) is 0 Å². The first-order valence-corrected chi connectivity index (χ1v) is 6.37. The van der Waals surface area contributed by atoms with Crippen LogP contribution in [0.5, 0.6) is 0 Å². The molecule has 1 aromatic carbocycles. The maximum atomic E-state index is 10.7. The van der Waals surface area contributed by atoms with Crippen LogP contribution in [-0.2, 0) is 4.79 Å². The molecule has 1 unspecified atom stereocenters. The van der Waals surface area contributed by atoms with Crippen molar-refractivity contribution in [3.8, 4) is 0 Å². The van der Waals surface area contributed by atoms with E-state index in [9.17, 15) is 4.79 Å². The standard InChI is InChI=1S/C10H10BrNO2S/c11-7-3-1-6(2-4-7)9-12-8(5-15-9)10(13)14/h1-4,8-9,12H,5H2,(H,13,14)/t8?,9-/m0/s1. The number of carbonyl (C=O) groups is 1. The molecule has 0 aromatic heterocycles. The number of aliphatic carboxylic acids is 1. The Balaban J connectivity index is 2.07. The minimum Gasteiger partial charge on any atom is -0.480 e. The molecule has 5 heteroatoms. The smallest absolute Gasteiger partial charge is 0.321 e. The van der Waals surface area contributed by atoms with Gasteiger partial charge in [-0.25, -0.2) is 0 Å². The van der Waals surface area contributed by atoms with Gasteiger partial charge in [-0.3, -0.25) is 10.1 Å². The van der Waals surface area contributed by atoms with Gasteiger partial charge in [-0.2, -0.15) is 0 Å². The molecule has 3 nitrogen and oxygen atoms in total. The molecule has 0 amide bonds. The molecule has 1 saturated heterocycles. The van der Waals surface area contributed by atoms with Crippen LogP contribution >= 0.6 is 27.7 Å². The van der Waals surface area contributed by atoms with Gasteiger partial charge in [0, 0.05) is 10.2 Å². The average molecular weight is 288 g/mol. The van der Waals surface area contributed by atoms with Crippen molar-refractivity contribution in [1.29, 1.82) is 0 Å². The highest BCUT2D eigenvalue weighted by Gasteiger charge is 2.29. The Morgan fingerprint density at radius 2 is 2.13 bits per heavy atom. The molecule has 2 N–H and O–H groups in total. The number of thioether (sulfide) groups is 1. The normalized spacial score (nSPS) is 25.4. The molecule has 0 spiro atoms. The second kappa shape index (κ2) is 4.55. The third kappa shape index (κ3) is 2.53. The zero-order valence-corrected chi connectivity index (χ0v) is 10.2. The summed E-state index contributed by atoms with van der Waals surface area (Å²) in [5.74, 6) is -0.155.